The summed E-state index contributed by atoms with van der Waals surface area (Å²) in [5.74, 6) is -0.168. The molecule has 1 aromatic rings. The van der Waals surface area contributed by atoms with Gasteiger partial charge in [0, 0.05) is 30.4 Å². The van der Waals surface area contributed by atoms with Crippen LogP contribution in [0.25, 0.3) is 0 Å². The van der Waals surface area contributed by atoms with Crippen molar-refractivity contribution in [2.45, 2.75) is 33.1 Å². The van der Waals surface area contributed by atoms with Crippen LogP contribution < -0.4 is 0 Å². The Morgan fingerprint density at radius 2 is 1.84 bits per heavy atom. The van der Waals surface area contributed by atoms with Crippen LogP contribution in [0.2, 0.25) is 0 Å². The molecule has 0 amide bonds. The van der Waals surface area contributed by atoms with Crippen LogP contribution in [0, 0.1) is 5.41 Å². The highest BCUT2D eigenvalue weighted by Crippen LogP contribution is 2.36. The summed E-state index contributed by atoms with van der Waals surface area (Å²) in [5.41, 5.74) is 0.633. The van der Waals surface area contributed by atoms with Gasteiger partial charge >= 0.3 is 0 Å². The van der Waals surface area contributed by atoms with Gasteiger partial charge in [-0.15, -0.1) is 0 Å². The first-order valence-electron chi connectivity index (χ1n) is 6.41. The van der Waals surface area contributed by atoms with Crippen LogP contribution in [0.3, 0.4) is 0 Å². The van der Waals surface area contributed by atoms with Gasteiger partial charge in [-0.05, 0) is 5.41 Å². The quantitative estimate of drug-likeness (QED) is 0.845. The molecule has 0 saturated carbocycles. The van der Waals surface area contributed by atoms with Crippen molar-refractivity contribution in [3.8, 4) is 0 Å². The first-order chi connectivity index (χ1) is 8.89. The van der Waals surface area contributed by atoms with Crippen molar-refractivity contribution in [3.63, 3.8) is 0 Å². The molecule has 0 aliphatic heterocycles. The highest BCUT2D eigenvalue weighted by atomic mass is 16.3. The number of aliphatic hydroxyl groups is 1. The van der Waals surface area contributed by atoms with E-state index in [1.54, 1.807) is 24.3 Å². The number of ketones is 2. The van der Waals surface area contributed by atoms with E-state index in [9.17, 15) is 14.7 Å². The lowest BCUT2D eigenvalue weighted by molar-refractivity contribution is -0.118. The molecular formula is C16H18O3. The van der Waals surface area contributed by atoms with E-state index >= 15 is 0 Å². The molecule has 3 heteroatoms. The highest BCUT2D eigenvalue weighted by Gasteiger charge is 2.33. The maximum Gasteiger partial charge on any atom is 0.167 e. The number of benzene rings is 1. The third kappa shape index (κ3) is 3.11. The number of hydrogen-bond acceptors (Lipinski definition) is 3. The van der Waals surface area contributed by atoms with Crippen molar-refractivity contribution < 1.29 is 14.7 Å². The number of carbonyl (C=O) groups is 2. The standard InChI is InChI=1S/C16H18O3/c1-16(2)9-14(18)12(15(19)10-16)8-13(17)11-6-4-3-5-7-11/h3-7,18H,8-10H2,1-2H3. The third-order valence-corrected chi connectivity index (χ3v) is 3.40. The predicted molar refractivity (Wildman–Crippen MR) is 73.1 cm³/mol. The fraction of sp³-hybridized carbons (Fsp3) is 0.375. The molecule has 1 aliphatic rings. The van der Waals surface area contributed by atoms with E-state index in [2.05, 4.69) is 0 Å². The molecule has 0 fully saturated rings. The minimum Gasteiger partial charge on any atom is -0.512 e. The molecule has 19 heavy (non-hydrogen) atoms. The van der Waals surface area contributed by atoms with Gasteiger partial charge < -0.3 is 5.11 Å². The number of rotatable bonds is 3. The van der Waals surface area contributed by atoms with E-state index in [1.165, 1.54) is 0 Å². The van der Waals surface area contributed by atoms with Gasteiger partial charge in [-0.2, -0.15) is 0 Å². The van der Waals surface area contributed by atoms with Crippen LogP contribution in [0.4, 0.5) is 0 Å². The van der Waals surface area contributed by atoms with E-state index in [0.29, 0.717) is 18.4 Å². The summed E-state index contributed by atoms with van der Waals surface area (Å²) in [4.78, 5) is 24.1. The molecule has 0 bridgehead atoms. The fourth-order valence-electron chi connectivity index (χ4n) is 2.41. The van der Waals surface area contributed by atoms with Crippen molar-refractivity contribution in [1.29, 1.82) is 0 Å². The highest BCUT2D eigenvalue weighted by molar-refractivity contribution is 6.06. The number of carbonyl (C=O) groups excluding carboxylic acids is 2. The Morgan fingerprint density at radius 3 is 2.42 bits per heavy atom. The molecular weight excluding hydrogens is 240 g/mol. The normalized spacial score (nSPS) is 18.5. The number of aliphatic hydroxyl groups excluding tert-OH is 1. The minimum absolute atomic E-state index is 0.00917. The Morgan fingerprint density at radius 1 is 1.21 bits per heavy atom. The first kappa shape index (κ1) is 13.5. The molecule has 0 unspecified atom stereocenters. The number of hydrogen-bond donors (Lipinski definition) is 1. The number of allylic oxidation sites excluding steroid dienone is 2. The van der Waals surface area contributed by atoms with Crippen molar-refractivity contribution in [3.05, 3.63) is 47.2 Å². The van der Waals surface area contributed by atoms with Crippen LogP contribution in [-0.4, -0.2) is 16.7 Å². The largest absolute Gasteiger partial charge is 0.512 e. The van der Waals surface area contributed by atoms with Crippen molar-refractivity contribution in [1.82, 2.24) is 0 Å². The van der Waals surface area contributed by atoms with Gasteiger partial charge in [0.1, 0.15) is 0 Å². The van der Waals surface area contributed by atoms with E-state index in [-0.39, 0.29) is 34.7 Å². The Balaban J connectivity index is 2.19. The van der Waals surface area contributed by atoms with Gasteiger partial charge in [0.25, 0.3) is 0 Å². The van der Waals surface area contributed by atoms with Gasteiger partial charge in [-0.25, -0.2) is 0 Å². The molecule has 0 aromatic heterocycles. The summed E-state index contributed by atoms with van der Waals surface area (Å²) in [6.45, 7) is 3.88. The Bertz CT molecular complexity index is 538. The minimum atomic E-state index is -0.222. The summed E-state index contributed by atoms with van der Waals surface area (Å²) in [5, 5.41) is 9.98. The van der Waals surface area contributed by atoms with Crippen LogP contribution >= 0.6 is 0 Å². The van der Waals surface area contributed by atoms with Gasteiger partial charge in [-0.3, -0.25) is 9.59 Å². The van der Waals surface area contributed by atoms with Crippen molar-refractivity contribution >= 4 is 11.6 Å². The van der Waals surface area contributed by atoms with Gasteiger partial charge in [0.2, 0.25) is 0 Å². The smallest absolute Gasteiger partial charge is 0.167 e. The van der Waals surface area contributed by atoms with E-state index in [4.69, 9.17) is 0 Å². The summed E-state index contributed by atoms with van der Waals surface area (Å²) < 4.78 is 0. The molecule has 100 valence electrons. The molecule has 1 aromatic carbocycles. The zero-order valence-electron chi connectivity index (χ0n) is 11.3. The second kappa shape index (κ2) is 5.00. The van der Waals surface area contributed by atoms with E-state index in [0.717, 1.165) is 0 Å². The average Bonchev–Trinajstić information content (AvgIpc) is 2.33. The fourth-order valence-corrected chi connectivity index (χ4v) is 2.41. The van der Waals surface area contributed by atoms with Crippen molar-refractivity contribution in [2.75, 3.05) is 0 Å². The molecule has 0 saturated heterocycles. The second-order valence-corrected chi connectivity index (χ2v) is 5.83. The maximum absolute atomic E-state index is 12.1. The number of Topliss-reactive ketones (excluding diaryl/α,β-unsaturated/α-hetero) is 2. The maximum atomic E-state index is 12.1. The first-order valence-corrected chi connectivity index (χ1v) is 6.41. The Kier molecular flexibility index (Phi) is 3.56. The average molecular weight is 258 g/mol. The summed E-state index contributed by atoms with van der Waals surface area (Å²) >= 11 is 0. The lowest BCUT2D eigenvalue weighted by atomic mass is 9.75. The van der Waals surface area contributed by atoms with Gasteiger partial charge in [0.15, 0.2) is 11.6 Å². The monoisotopic (exact) mass is 258 g/mol. The second-order valence-electron chi connectivity index (χ2n) is 5.83. The molecule has 0 spiro atoms. The zero-order valence-corrected chi connectivity index (χ0v) is 11.3. The Labute approximate surface area is 113 Å². The lowest BCUT2D eigenvalue weighted by Gasteiger charge is -2.29. The van der Waals surface area contributed by atoms with Crippen LogP contribution in [-0.2, 0) is 4.79 Å². The molecule has 3 nitrogen and oxygen atoms in total. The van der Waals surface area contributed by atoms with Crippen LogP contribution in [0.15, 0.2) is 41.7 Å². The molecule has 2 rings (SSSR count). The molecule has 1 N–H and O–H groups in total. The van der Waals surface area contributed by atoms with Crippen molar-refractivity contribution in [2.24, 2.45) is 5.41 Å². The topological polar surface area (TPSA) is 54.4 Å². The third-order valence-electron chi connectivity index (χ3n) is 3.40. The summed E-state index contributed by atoms with van der Waals surface area (Å²) in [6, 6.07) is 8.84. The SMILES string of the molecule is CC1(C)CC(=O)C(CC(=O)c2ccccc2)=C(O)C1. The lowest BCUT2D eigenvalue weighted by Crippen LogP contribution is -2.26. The van der Waals surface area contributed by atoms with E-state index in [1.807, 2.05) is 19.9 Å². The molecule has 1 aliphatic carbocycles. The summed E-state index contributed by atoms with van der Waals surface area (Å²) in [7, 11) is 0. The molecule has 0 atom stereocenters. The predicted octanol–water partition coefficient (Wildman–Crippen LogP) is 3.46. The van der Waals surface area contributed by atoms with Crippen LogP contribution in [0.5, 0.6) is 0 Å². The molecule has 0 radical (unpaired) electrons. The van der Waals surface area contributed by atoms with Crippen LogP contribution in [0.1, 0.15) is 43.5 Å². The van der Waals surface area contributed by atoms with Gasteiger partial charge in [0.05, 0.1) is 5.76 Å². The zero-order chi connectivity index (χ0) is 14.0. The summed E-state index contributed by atoms with van der Waals surface area (Å²) in [6.07, 6.45) is 0.829. The van der Waals surface area contributed by atoms with Gasteiger partial charge in [-0.1, -0.05) is 44.2 Å². The molecule has 0 heterocycles. The Hall–Kier alpha value is -1.90. The van der Waals surface area contributed by atoms with E-state index < -0.39 is 0 Å².